The van der Waals surface area contributed by atoms with Gasteiger partial charge in [-0.15, -0.1) is 0 Å². The van der Waals surface area contributed by atoms with E-state index in [4.69, 9.17) is 9.47 Å². The minimum Gasteiger partial charge on any atom is -0.497 e. The highest BCUT2D eigenvalue weighted by Crippen LogP contribution is 2.31. The fourth-order valence-electron chi connectivity index (χ4n) is 2.91. The molecule has 0 aliphatic carbocycles. The summed E-state index contributed by atoms with van der Waals surface area (Å²) in [6.45, 7) is 0.144. The molecule has 7 nitrogen and oxygen atoms in total. The Morgan fingerprint density at radius 1 is 1.07 bits per heavy atom. The number of aromatic nitrogens is 2. The molecule has 0 atom stereocenters. The highest BCUT2D eigenvalue weighted by Gasteiger charge is 2.12. The first-order chi connectivity index (χ1) is 14.5. The van der Waals surface area contributed by atoms with Crippen molar-refractivity contribution in [3.63, 3.8) is 0 Å². The fourth-order valence-corrected chi connectivity index (χ4v) is 2.91. The number of nitrogens with zero attached hydrogens (tertiary/aromatic N) is 2. The zero-order valence-corrected chi connectivity index (χ0v) is 16.7. The van der Waals surface area contributed by atoms with E-state index in [-0.39, 0.29) is 18.3 Å². The Morgan fingerprint density at radius 3 is 2.53 bits per heavy atom. The van der Waals surface area contributed by atoms with Gasteiger partial charge in [0.15, 0.2) is 0 Å². The maximum Gasteiger partial charge on any atom is 0.267 e. The van der Waals surface area contributed by atoms with E-state index in [0.717, 1.165) is 10.2 Å². The molecule has 0 bridgehead atoms. The molecular weight excluding hydrogens is 389 g/mol. The number of benzene rings is 2. The second-order valence-corrected chi connectivity index (χ2v) is 6.51. The van der Waals surface area contributed by atoms with E-state index < -0.39 is 5.56 Å². The highest BCUT2D eigenvalue weighted by molar-refractivity contribution is 5.75. The number of amides is 1. The van der Waals surface area contributed by atoms with Crippen LogP contribution in [0.25, 0.3) is 11.3 Å². The van der Waals surface area contributed by atoms with Crippen LogP contribution in [0, 0.1) is 5.82 Å². The van der Waals surface area contributed by atoms with E-state index in [1.165, 1.54) is 25.3 Å². The van der Waals surface area contributed by atoms with Gasteiger partial charge in [-0.05, 0) is 48.4 Å². The van der Waals surface area contributed by atoms with Crippen molar-refractivity contribution in [2.24, 2.45) is 0 Å². The van der Waals surface area contributed by atoms with Gasteiger partial charge in [0.1, 0.15) is 23.9 Å². The zero-order valence-electron chi connectivity index (χ0n) is 16.7. The normalized spacial score (nSPS) is 10.5. The third-order valence-electron chi connectivity index (χ3n) is 4.49. The Bertz CT molecular complexity index is 1080. The summed E-state index contributed by atoms with van der Waals surface area (Å²) in [6.07, 6.45) is 0.551. The van der Waals surface area contributed by atoms with Crippen molar-refractivity contribution in [3.8, 4) is 22.8 Å². The molecular formula is C22H22FN3O4. The monoisotopic (exact) mass is 411 g/mol. The molecule has 0 spiro atoms. The lowest BCUT2D eigenvalue weighted by molar-refractivity contribution is -0.121. The molecule has 3 rings (SSSR count). The van der Waals surface area contributed by atoms with Gasteiger partial charge < -0.3 is 14.8 Å². The average molecular weight is 411 g/mol. The lowest BCUT2D eigenvalue weighted by Crippen LogP contribution is -2.34. The summed E-state index contributed by atoms with van der Waals surface area (Å²) in [5.41, 5.74) is 1.63. The Morgan fingerprint density at radius 2 is 1.83 bits per heavy atom. The molecule has 1 amide bonds. The molecule has 30 heavy (non-hydrogen) atoms. The van der Waals surface area contributed by atoms with Crippen molar-refractivity contribution >= 4 is 5.91 Å². The molecule has 1 N–H and O–H groups in total. The molecule has 156 valence electrons. The summed E-state index contributed by atoms with van der Waals surface area (Å²) >= 11 is 0. The predicted octanol–water partition coefficient (Wildman–Crippen LogP) is 2.43. The zero-order chi connectivity index (χ0) is 21.5. The van der Waals surface area contributed by atoms with E-state index in [1.807, 2.05) is 0 Å². The Hall–Kier alpha value is -3.68. The van der Waals surface area contributed by atoms with Crippen LogP contribution in [0.1, 0.15) is 5.56 Å². The summed E-state index contributed by atoms with van der Waals surface area (Å²) < 4.78 is 24.6. The van der Waals surface area contributed by atoms with Gasteiger partial charge in [-0.3, -0.25) is 9.59 Å². The number of carbonyl (C=O) groups excluding carboxylic acids is 1. The van der Waals surface area contributed by atoms with Crippen LogP contribution in [0.4, 0.5) is 4.39 Å². The number of carbonyl (C=O) groups is 1. The van der Waals surface area contributed by atoms with Crippen molar-refractivity contribution in [2.75, 3.05) is 20.8 Å². The Balaban J connectivity index is 1.70. The lowest BCUT2D eigenvalue weighted by atomic mass is 10.1. The number of hydrogen-bond acceptors (Lipinski definition) is 5. The molecule has 0 fully saturated rings. The van der Waals surface area contributed by atoms with Crippen molar-refractivity contribution < 1.29 is 18.7 Å². The van der Waals surface area contributed by atoms with Crippen LogP contribution in [0.3, 0.4) is 0 Å². The standard InChI is InChI=1S/C22H22FN3O4/c1-29-17-7-9-20(30-2)18(13-17)19-8-10-22(28)26(25-19)14-21(27)24-12-11-15-3-5-16(23)6-4-15/h3-10,13H,11-12,14H2,1-2H3,(H,24,27). The molecule has 1 aromatic heterocycles. The molecule has 0 saturated carbocycles. The first-order valence-corrected chi connectivity index (χ1v) is 9.32. The Kier molecular flexibility index (Phi) is 6.79. The molecule has 1 heterocycles. The number of halogens is 1. The van der Waals surface area contributed by atoms with Gasteiger partial charge in [0, 0.05) is 18.2 Å². The van der Waals surface area contributed by atoms with Gasteiger partial charge in [-0.1, -0.05) is 12.1 Å². The highest BCUT2D eigenvalue weighted by atomic mass is 19.1. The Labute approximate surface area is 173 Å². The van der Waals surface area contributed by atoms with Crippen LogP contribution in [0.15, 0.2) is 59.4 Å². The molecule has 8 heteroatoms. The van der Waals surface area contributed by atoms with Crippen LogP contribution in [-0.2, 0) is 17.8 Å². The van der Waals surface area contributed by atoms with E-state index in [0.29, 0.717) is 35.7 Å². The molecule has 0 aliphatic rings. The van der Waals surface area contributed by atoms with Gasteiger partial charge in [0.05, 0.1) is 19.9 Å². The first-order valence-electron chi connectivity index (χ1n) is 9.32. The predicted molar refractivity (Wildman–Crippen MR) is 110 cm³/mol. The van der Waals surface area contributed by atoms with Crippen molar-refractivity contribution in [1.82, 2.24) is 15.1 Å². The van der Waals surface area contributed by atoms with Gasteiger partial charge in [0.2, 0.25) is 5.91 Å². The molecule has 0 saturated heterocycles. The van der Waals surface area contributed by atoms with Crippen molar-refractivity contribution in [2.45, 2.75) is 13.0 Å². The third kappa shape index (κ3) is 5.22. The molecule has 0 radical (unpaired) electrons. The van der Waals surface area contributed by atoms with Gasteiger partial charge in [-0.2, -0.15) is 5.10 Å². The summed E-state index contributed by atoms with van der Waals surface area (Å²) in [4.78, 5) is 24.4. The minimum atomic E-state index is -0.394. The van der Waals surface area contributed by atoms with Crippen LogP contribution in [0.2, 0.25) is 0 Å². The van der Waals surface area contributed by atoms with Gasteiger partial charge in [-0.25, -0.2) is 9.07 Å². The average Bonchev–Trinajstić information content (AvgIpc) is 2.76. The first kappa shape index (κ1) is 21.0. The van der Waals surface area contributed by atoms with Crippen LogP contribution in [-0.4, -0.2) is 36.5 Å². The van der Waals surface area contributed by atoms with E-state index in [2.05, 4.69) is 10.4 Å². The largest absolute Gasteiger partial charge is 0.497 e. The summed E-state index contributed by atoms with van der Waals surface area (Å²) in [5.74, 6) is 0.531. The maximum absolute atomic E-state index is 12.9. The molecule has 0 aliphatic heterocycles. The fraction of sp³-hybridized carbons (Fsp3) is 0.227. The summed E-state index contributed by atoms with van der Waals surface area (Å²) in [6, 6.07) is 14.3. The van der Waals surface area contributed by atoms with Crippen molar-refractivity contribution in [3.05, 3.63) is 76.3 Å². The topological polar surface area (TPSA) is 82.5 Å². The molecule has 0 unspecified atom stereocenters. The quantitative estimate of drug-likeness (QED) is 0.616. The SMILES string of the molecule is COc1ccc(OC)c(-c2ccc(=O)n(CC(=O)NCCc3ccc(F)cc3)n2)c1. The van der Waals surface area contributed by atoms with E-state index in [9.17, 15) is 14.0 Å². The summed E-state index contributed by atoms with van der Waals surface area (Å²) in [7, 11) is 3.09. The van der Waals surface area contributed by atoms with Crippen LogP contribution >= 0.6 is 0 Å². The maximum atomic E-state index is 12.9. The van der Waals surface area contributed by atoms with Gasteiger partial charge >= 0.3 is 0 Å². The lowest BCUT2D eigenvalue weighted by Gasteiger charge is -2.12. The van der Waals surface area contributed by atoms with E-state index in [1.54, 1.807) is 43.5 Å². The van der Waals surface area contributed by atoms with Gasteiger partial charge in [0.25, 0.3) is 5.56 Å². The van der Waals surface area contributed by atoms with Crippen molar-refractivity contribution in [1.29, 1.82) is 0 Å². The number of nitrogens with one attached hydrogen (secondary N) is 1. The number of rotatable bonds is 8. The summed E-state index contributed by atoms with van der Waals surface area (Å²) in [5, 5.41) is 7.05. The number of ether oxygens (including phenoxy) is 2. The number of methoxy groups -OCH3 is 2. The molecule has 3 aromatic rings. The third-order valence-corrected chi connectivity index (χ3v) is 4.49. The van der Waals surface area contributed by atoms with Crippen LogP contribution in [0.5, 0.6) is 11.5 Å². The van der Waals surface area contributed by atoms with Crippen LogP contribution < -0.4 is 20.3 Å². The second-order valence-electron chi connectivity index (χ2n) is 6.51. The number of hydrogen-bond donors (Lipinski definition) is 1. The minimum absolute atomic E-state index is 0.220. The smallest absolute Gasteiger partial charge is 0.267 e. The second kappa shape index (κ2) is 9.69. The molecule has 2 aromatic carbocycles. The van der Waals surface area contributed by atoms with E-state index >= 15 is 0 Å².